The van der Waals surface area contributed by atoms with Gasteiger partial charge in [-0.3, -0.25) is 14.5 Å². The predicted molar refractivity (Wildman–Crippen MR) is 72.1 cm³/mol. The van der Waals surface area contributed by atoms with Crippen LogP contribution < -0.4 is 5.69 Å². The van der Waals surface area contributed by atoms with Gasteiger partial charge in [-0.1, -0.05) is 13.8 Å². The highest BCUT2D eigenvalue weighted by Crippen LogP contribution is 2.17. The molecule has 106 valence electrons. The summed E-state index contributed by atoms with van der Waals surface area (Å²) in [7, 11) is 0. The Labute approximate surface area is 115 Å². The SMILES string of the molecule is CCc1nc(=O)n(-c2cn[nH]c2)c(CC)c1CC(=O)O. The maximum atomic E-state index is 12.2. The summed E-state index contributed by atoms with van der Waals surface area (Å²) in [4.78, 5) is 27.2. The highest BCUT2D eigenvalue weighted by molar-refractivity contribution is 5.71. The summed E-state index contributed by atoms with van der Waals surface area (Å²) in [6.07, 6.45) is 4.02. The Balaban J connectivity index is 2.75. The van der Waals surface area contributed by atoms with Crippen molar-refractivity contribution < 1.29 is 9.90 Å². The number of nitrogens with one attached hydrogen (secondary N) is 1. The average Bonchev–Trinajstić information content (AvgIpc) is 2.92. The molecule has 2 rings (SSSR count). The van der Waals surface area contributed by atoms with E-state index in [-0.39, 0.29) is 6.42 Å². The molecule has 2 heterocycles. The Hall–Kier alpha value is -2.44. The minimum atomic E-state index is -0.936. The summed E-state index contributed by atoms with van der Waals surface area (Å²) in [5.74, 6) is -0.936. The van der Waals surface area contributed by atoms with E-state index in [1.165, 1.54) is 10.8 Å². The van der Waals surface area contributed by atoms with E-state index in [9.17, 15) is 9.59 Å². The molecule has 0 fully saturated rings. The standard InChI is InChI=1S/C13H16N4O3/c1-3-10-9(5-12(18)19)11(4-2)17(13(20)16-10)8-6-14-15-7-8/h6-7H,3-5H2,1-2H3,(H,14,15)(H,18,19). The van der Waals surface area contributed by atoms with Gasteiger partial charge in [0.1, 0.15) is 0 Å². The number of rotatable bonds is 5. The molecule has 0 unspecified atom stereocenters. The first kappa shape index (κ1) is 14.0. The Morgan fingerprint density at radius 3 is 2.65 bits per heavy atom. The van der Waals surface area contributed by atoms with Crippen molar-refractivity contribution >= 4 is 5.97 Å². The minimum absolute atomic E-state index is 0.141. The lowest BCUT2D eigenvalue weighted by Gasteiger charge is -2.16. The third kappa shape index (κ3) is 2.47. The molecule has 0 radical (unpaired) electrons. The Bertz CT molecular complexity index is 674. The van der Waals surface area contributed by atoms with E-state index in [0.717, 1.165) is 0 Å². The van der Waals surface area contributed by atoms with Crippen molar-refractivity contribution in [2.45, 2.75) is 33.1 Å². The molecule has 0 saturated heterocycles. The normalized spacial score (nSPS) is 10.7. The molecule has 0 aromatic carbocycles. The van der Waals surface area contributed by atoms with Crippen LogP contribution in [0.3, 0.4) is 0 Å². The summed E-state index contributed by atoms with van der Waals surface area (Å²) in [5.41, 5.74) is 1.99. The van der Waals surface area contributed by atoms with Crippen LogP contribution in [0.25, 0.3) is 5.69 Å². The zero-order valence-electron chi connectivity index (χ0n) is 11.4. The van der Waals surface area contributed by atoms with Crippen LogP contribution in [-0.4, -0.2) is 30.8 Å². The summed E-state index contributed by atoms with van der Waals surface area (Å²) in [6.45, 7) is 3.74. The molecule has 0 aliphatic carbocycles. The molecule has 0 spiro atoms. The first-order valence-corrected chi connectivity index (χ1v) is 6.43. The van der Waals surface area contributed by atoms with Crippen molar-refractivity contribution in [1.29, 1.82) is 0 Å². The van der Waals surface area contributed by atoms with Crippen LogP contribution >= 0.6 is 0 Å². The predicted octanol–water partition coefficient (Wildman–Crippen LogP) is 0.707. The van der Waals surface area contributed by atoms with Crippen LogP contribution in [0, 0.1) is 0 Å². The van der Waals surface area contributed by atoms with E-state index < -0.39 is 11.7 Å². The molecule has 2 aromatic rings. The molecular weight excluding hydrogens is 260 g/mol. The first-order valence-electron chi connectivity index (χ1n) is 6.43. The van der Waals surface area contributed by atoms with Gasteiger partial charge in [0.25, 0.3) is 0 Å². The summed E-state index contributed by atoms with van der Waals surface area (Å²) < 4.78 is 1.42. The smallest absolute Gasteiger partial charge is 0.352 e. The van der Waals surface area contributed by atoms with Crippen LogP contribution in [0.15, 0.2) is 17.2 Å². The highest BCUT2D eigenvalue weighted by atomic mass is 16.4. The van der Waals surface area contributed by atoms with Crippen molar-refractivity contribution in [2.75, 3.05) is 0 Å². The van der Waals surface area contributed by atoms with Gasteiger partial charge in [0, 0.05) is 17.5 Å². The number of aliphatic carboxylic acids is 1. The Kier molecular flexibility index (Phi) is 3.97. The molecule has 0 saturated carbocycles. The zero-order valence-corrected chi connectivity index (χ0v) is 11.4. The average molecular weight is 276 g/mol. The molecular formula is C13H16N4O3. The van der Waals surface area contributed by atoms with Gasteiger partial charge in [0.15, 0.2) is 0 Å². The monoisotopic (exact) mass is 276 g/mol. The van der Waals surface area contributed by atoms with Crippen molar-refractivity contribution in [3.05, 3.63) is 39.8 Å². The maximum Gasteiger partial charge on any atom is 0.352 e. The minimum Gasteiger partial charge on any atom is -0.481 e. The fourth-order valence-corrected chi connectivity index (χ4v) is 2.30. The van der Waals surface area contributed by atoms with Gasteiger partial charge in [0.05, 0.1) is 24.0 Å². The van der Waals surface area contributed by atoms with Gasteiger partial charge in [-0.25, -0.2) is 4.79 Å². The van der Waals surface area contributed by atoms with Gasteiger partial charge in [-0.2, -0.15) is 10.1 Å². The van der Waals surface area contributed by atoms with Crippen LogP contribution in [0.1, 0.15) is 30.8 Å². The van der Waals surface area contributed by atoms with E-state index >= 15 is 0 Å². The molecule has 0 aliphatic heterocycles. The van der Waals surface area contributed by atoms with E-state index in [4.69, 9.17) is 5.11 Å². The fraction of sp³-hybridized carbons (Fsp3) is 0.385. The van der Waals surface area contributed by atoms with E-state index in [0.29, 0.717) is 35.5 Å². The number of carboxylic acids is 1. The van der Waals surface area contributed by atoms with E-state index in [1.807, 2.05) is 13.8 Å². The second-order valence-corrected chi connectivity index (χ2v) is 4.34. The van der Waals surface area contributed by atoms with Gasteiger partial charge in [-0.15, -0.1) is 0 Å². The fourth-order valence-electron chi connectivity index (χ4n) is 2.30. The molecule has 2 N–H and O–H groups in total. The largest absolute Gasteiger partial charge is 0.481 e. The van der Waals surface area contributed by atoms with Crippen molar-refractivity contribution in [3.8, 4) is 5.69 Å². The van der Waals surface area contributed by atoms with Gasteiger partial charge in [0.2, 0.25) is 0 Å². The Morgan fingerprint density at radius 1 is 1.40 bits per heavy atom. The van der Waals surface area contributed by atoms with Crippen LogP contribution in [-0.2, 0) is 24.1 Å². The van der Waals surface area contributed by atoms with Crippen LogP contribution in [0.5, 0.6) is 0 Å². The molecule has 7 nitrogen and oxygen atoms in total. The number of H-pyrrole nitrogens is 1. The molecule has 0 amide bonds. The van der Waals surface area contributed by atoms with Crippen molar-refractivity contribution in [2.24, 2.45) is 0 Å². The molecule has 20 heavy (non-hydrogen) atoms. The number of aromatic amines is 1. The van der Waals surface area contributed by atoms with Crippen molar-refractivity contribution in [3.63, 3.8) is 0 Å². The number of hydrogen-bond acceptors (Lipinski definition) is 4. The van der Waals surface area contributed by atoms with E-state index in [1.54, 1.807) is 6.20 Å². The maximum absolute atomic E-state index is 12.2. The lowest BCUT2D eigenvalue weighted by molar-refractivity contribution is -0.136. The number of hydrogen-bond donors (Lipinski definition) is 2. The number of aryl methyl sites for hydroxylation is 1. The van der Waals surface area contributed by atoms with Gasteiger partial charge in [-0.05, 0) is 12.8 Å². The summed E-state index contributed by atoms with van der Waals surface area (Å²) >= 11 is 0. The second-order valence-electron chi connectivity index (χ2n) is 4.34. The van der Waals surface area contributed by atoms with Crippen LogP contribution in [0.2, 0.25) is 0 Å². The van der Waals surface area contributed by atoms with Gasteiger partial charge >= 0.3 is 11.7 Å². The van der Waals surface area contributed by atoms with Crippen LogP contribution in [0.4, 0.5) is 0 Å². The Morgan fingerprint density at radius 2 is 2.15 bits per heavy atom. The number of carboxylic acid groups (broad SMARTS) is 1. The quantitative estimate of drug-likeness (QED) is 0.837. The molecule has 0 bridgehead atoms. The van der Waals surface area contributed by atoms with Crippen molar-refractivity contribution in [1.82, 2.24) is 19.7 Å². The van der Waals surface area contributed by atoms with Gasteiger partial charge < -0.3 is 5.11 Å². The highest BCUT2D eigenvalue weighted by Gasteiger charge is 2.18. The number of carbonyl (C=O) groups is 1. The lowest BCUT2D eigenvalue weighted by atomic mass is 10.0. The summed E-state index contributed by atoms with van der Waals surface area (Å²) in [6, 6.07) is 0. The third-order valence-corrected chi connectivity index (χ3v) is 3.13. The second kappa shape index (κ2) is 5.68. The lowest BCUT2D eigenvalue weighted by Crippen LogP contribution is -2.28. The third-order valence-electron chi connectivity index (χ3n) is 3.13. The number of aromatic nitrogens is 4. The first-order chi connectivity index (χ1) is 9.58. The topological polar surface area (TPSA) is 101 Å². The molecule has 2 aromatic heterocycles. The summed E-state index contributed by atoms with van der Waals surface area (Å²) in [5, 5.41) is 15.5. The molecule has 0 atom stereocenters. The number of nitrogens with zero attached hydrogens (tertiary/aromatic N) is 3. The van der Waals surface area contributed by atoms with E-state index in [2.05, 4.69) is 15.2 Å². The molecule has 7 heteroatoms. The molecule has 0 aliphatic rings. The zero-order chi connectivity index (χ0) is 14.7.